The number of hydrogen-bond donors (Lipinski definition) is 5. The lowest BCUT2D eigenvalue weighted by Gasteiger charge is -2.22. The van der Waals surface area contributed by atoms with Gasteiger partial charge in [-0.05, 0) is 57.7 Å². The maximum atomic E-state index is 11.7. The Balaban J connectivity index is 1.82. The zero-order chi connectivity index (χ0) is 22.9. The lowest BCUT2D eigenvalue weighted by atomic mass is 9.89. The summed E-state index contributed by atoms with van der Waals surface area (Å²) in [6.07, 6.45) is 12.6. The van der Waals surface area contributed by atoms with Crippen molar-refractivity contribution in [3.63, 3.8) is 0 Å². The van der Waals surface area contributed by atoms with E-state index < -0.39 is 5.91 Å². The van der Waals surface area contributed by atoms with Crippen LogP contribution >= 0.6 is 0 Å². The lowest BCUT2D eigenvalue weighted by Crippen LogP contribution is -2.29. The third kappa shape index (κ3) is 7.05. The number of rotatable bonds is 10. The zero-order valence-electron chi connectivity index (χ0n) is 19.4. The van der Waals surface area contributed by atoms with Gasteiger partial charge in [0.05, 0.1) is 0 Å². The standard InChI is InChI=1S/C23H36N8O/c1-15-8-7-11-18(20(24)32)12-19(15)28-23-30-21(26-14-17-9-5-4-6-10-17)29-22(31-23)27-16(2)13-25-3/h8,11-12,16-17,25H,4-7,9-10,13-14H2,1-3H3,(H2,24,32)(H3,26,27,28,29,30,31)/t16-/m1/s1. The molecular weight excluding hydrogens is 404 g/mol. The highest BCUT2D eigenvalue weighted by Gasteiger charge is 2.16. The molecular formula is C23H36N8O. The molecule has 0 bridgehead atoms. The van der Waals surface area contributed by atoms with Crippen molar-refractivity contribution in [2.75, 3.05) is 36.1 Å². The number of aromatic nitrogens is 3. The summed E-state index contributed by atoms with van der Waals surface area (Å²) in [7, 11) is 1.91. The largest absolute Gasteiger partial charge is 0.366 e. The molecule has 0 aromatic carbocycles. The second-order valence-electron chi connectivity index (χ2n) is 8.62. The predicted octanol–water partition coefficient (Wildman–Crippen LogP) is 2.94. The van der Waals surface area contributed by atoms with Crippen LogP contribution in [0.5, 0.6) is 0 Å². The third-order valence-corrected chi connectivity index (χ3v) is 5.81. The molecule has 1 saturated carbocycles. The number of likely N-dealkylation sites (N-methyl/N-ethyl adjacent to an activating group) is 1. The maximum Gasteiger partial charge on any atom is 0.248 e. The molecule has 2 aliphatic rings. The number of anilines is 3. The number of carbonyl (C=O) groups is 1. The van der Waals surface area contributed by atoms with Crippen LogP contribution in [0.1, 0.15) is 52.4 Å². The van der Waals surface area contributed by atoms with Gasteiger partial charge < -0.3 is 27.0 Å². The van der Waals surface area contributed by atoms with E-state index in [0.29, 0.717) is 35.8 Å². The predicted molar refractivity (Wildman–Crippen MR) is 129 cm³/mol. The van der Waals surface area contributed by atoms with Crippen LogP contribution in [-0.2, 0) is 4.79 Å². The fraction of sp³-hybridized carbons (Fsp3) is 0.565. The molecule has 32 heavy (non-hydrogen) atoms. The molecule has 9 nitrogen and oxygen atoms in total. The number of nitrogens with two attached hydrogens (primary N) is 1. The number of primary amides is 1. The first kappa shape index (κ1) is 23.7. The van der Waals surface area contributed by atoms with Crippen molar-refractivity contribution in [1.82, 2.24) is 20.3 Å². The Hall–Kier alpha value is -2.94. The van der Waals surface area contributed by atoms with Crippen LogP contribution in [0.15, 0.2) is 35.1 Å². The van der Waals surface area contributed by atoms with Gasteiger partial charge in [-0.15, -0.1) is 0 Å². The Morgan fingerprint density at radius 3 is 2.56 bits per heavy atom. The minimum Gasteiger partial charge on any atom is -0.366 e. The molecule has 1 aromatic heterocycles. The van der Waals surface area contributed by atoms with Gasteiger partial charge in [-0.1, -0.05) is 31.4 Å². The van der Waals surface area contributed by atoms with Crippen molar-refractivity contribution < 1.29 is 4.79 Å². The normalized spacial score (nSPS) is 18.0. The summed E-state index contributed by atoms with van der Waals surface area (Å²) in [5.74, 6) is 1.64. The average Bonchev–Trinajstić information content (AvgIpc) is 2.95. The lowest BCUT2D eigenvalue weighted by molar-refractivity contribution is -0.114. The van der Waals surface area contributed by atoms with Gasteiger partial charge in [0.1, 0.15) is 0 Å². The summed E-state index contributed by atoms with van der Waals surface area (Å²) < 4.78 is 0. The fourth-order valence-electron chi connectivity index (χ4n) is 4.01. The maximum absolute atomic E-state index is 11.7. The first-order valence-corrected chi connectivity index (χ1v) is 11.5. The van der Waals surface area contributed by atoms with E-state index in [4.69, 9.17) is 5.73 Å². The van der Waals surface area contributed by atoms with Gasteiger partial charge in [-0.25, -0.2) is 0 Å². The second kappa shape index (κ2) is 11.6. The third-order valence-electron chi connectivity index (χ3n) is 5.81. The van der Waals surface area contributed by atoms with Crippen LogP contribution < -0.4 is 27.0 Å². The Labute approximate surface area is 190 Å². The first-order chi connectivity index (χ1) is 15.4. The summed E-state index contributed by atoms with van der Waals surface area (Å²) in [5.41, 5.74) is 7.71. The van der Waals surface area contributed by atoms with Crippen molar-refractivity contribution in [2.24, 2.45) is 11.7 Å². The quantitative estimate of drug-likeness (QED) is 0.375. The molecule has 0 saturated heterocycles. The smallest absolute Gasteiger partial charge is 0.248 e. The highest BCUT2D eigenvalue weighted by atomic mass is 16.1. The van der Waals surface area contributed by atoms with Crippen LogP contribution in [0.4, 0.5) is 17.8 Å². The van der Waals surface area contributed by atoms with Crippen LogP contribution in [-0.4, -0.2) is 47.0 Å². The molecule has 1 fully saturated rings. The zero-order valence-corrected chi connectivity index (χ0v) is 19.4. The van der Waals surface area contributed by atoms with Gasteiger partial charge in [0.2, 0.25) is 23.8 Å². The Morgan fingerprint density at radius 2 is 1.84 bits per heavy atom. The molecule has 6 N–H and O–H groups in total. The van der Waals surface area contributed by atoms with Gasteiger partial charge >= 0.3 is 0 Å². The van der Waals surface area contributed by atoms with Crippen LogP contribution in [0.2, 0.25) is 0 Å². The Bertz CT molecular complexity index is 886. The summed E-state index contributed by atoms with van der Waals surface area (Å²) in [4.78, 5) is 25.5. The molecule has 2 aliphatic carbocycles. The van der Waals surface area contributed by atoms with E-state index in [9.17, 15) is 4.79 Å². The van der Waals surface area contributed by atoms with Crippen molar-refractivity contribution >= 4 is 23.8 Å². The van der Waals surface area contributed by atoms with E-state index >= 15 is 0 Å². The van der Waals surface area contributed by atoms with Crippen molar-refractivity contribution in [1.29, 1.82) is 0 Å². The van der Waals surface area contributed by atoms with Crippen molar-refractivity contribution in [3.05, 3.63) is 35.1 Å². The molecule has 0 radical (unpaired) electrons. The van der Waals surface area contributed by atoms with Crippen LogP contribution in [0.3, 0.4) is 0 Å². The molecule has 3 rings (SSSR count). The summed E-state index contributed by atoms with van der Waals surface area (Å²) in [6.45, 7) is 5.67. The van der Waals surface area contributed by atoms with Gasteiger partial charge in [-0.2, -0.15) is 15.0 Å². The number of allylic oxidation sites excluding steroid dienone is 3. The van der Waals surface area contributed by atoms with Gasteiger partial charge in [0.15, 0.2) is 0 Å². The van der Waals surface area contributed by atoms with Gasteiger partial charge in [-0.3, -0.25) is 4.79 Å². The monoisotopic (exact) mass is 440 g/mol. The molecule has 0 unspecified atom stereocenters. The number of amides is 1. The summed E-state index contributed by atoms with van der Waals surface area (Å²) >= 11 is 0. The van der Waals surface area contributed by atoms with E-state index in [2.05, 4.69) is 43.1 Å². The number of hydrogen-bond acceptors (Lipinski definition) is 8. The molecule has 1 amide bonds. The topological polar surface area (TPSA) is 130 Å². The van der Waals surface area contributed by atoms with Crippen LogP contribution in [0.25, 0.3) is 0 Å². The minimum atomic E-state index is -0.457. The van der Waals surface area contributed by atoms with Crippen molar-refractivity contribution in [3.8, 4) is 0 Å². The minimum absolute atomic E-state index is 0.143. The second-order valence-corrected chi connectivity index (χ2v) is 8.62. The Morgan fingerprint density at radius 1 is 1.12 bits per heavy atom. The average molecular weight is 441 g/mol. The van der Waals surface area contributed by atoms with E-state index in [0.717, 1.165) is 24.4 Å². The molecule has 1 aromatic rings. The molecule has 1 heterocycles. The highest BCUT2D eigenvalue weighted by Crippen LogP contribution is 2.24. The Kier molecular flexibility index (Phi) is 8.61. The van der Waals surface area contributed by atoms with E-state index in [1.165, 1.54) is 32.1 Å². The molecule has 0 spiro atoms. The molecule has 0 aliphatic heterocycles. The van der Waals surface area contributed by atoms with Crippen molar-refractivity contribution in [2.45, 2.75) is 58.4 Å². The fourth-order valence-corrected chi connectivity index (χ4v) is 4.01. The van der Waals surface area contributed by atoms with Gasteiger partial charge in [0.25, 0.3) is 0 Å². The number of carbonyl (C=O) groups excluding carboxylic acids is 1. The number of nitrogens with one attached hydrogen (secondary N) is 4. The molecule has 9 heteroatoms. The number of nitrogens with zero attached hydrogens (tertiary/aromatic N) is 3. The highest BCUT2D eigenvalue weighted by molar-refractivity contribution is 5.95. The van der Waals surface area contributed by atoms with Crippen LogP contribution in [0, 0.1) is 5.92 Å². The van der Waals surface area contributed by atoms with Gasteiger partial charge in [0, 0.05) is 30.4 Å². The molecule has 174 valence electrons. The molecule has 1 atom stereocenters. The SMILES string of the molecule is CNC[C@@H](C)Nc1nc(NCC2CCCCC2)nc(NC2=CC(C(N)=O)=CCC=C2C)n1. The summed E-state index contributed by atoms with van der Waals surface area (Å²) in [5, 5.41) is 13.1. The van der Waals surface area contributed by atoms with E-state index in [-0.39, 0.29) is 6.04 Å². The van der Waals surface area contributed by atoms with E-state index in [1.807, 2.05) is 26.1 Å². The van der Waals surface area contributed by atoms with E-state index in [1.54, 1.807) is 6.08 Å². The summed E-state index contributed by atoms with van der Waals surface area (Å²) in [6, 6.07) is 0.143. The first-order valence-electron chi connectivity index (χ1n) is 11.5.